The van der Waals surface area contributed by atoms with Crippen molar-refractivity contribution in [2.45, 2.75) is 40.2 Å². The summed E-state index contributed by atoms with van der Waals surface area (Å²) in [6.45, 7) is 11.3. The quantitative estimate of drug-likeness (QED) is 0.850. The highest BCUT2D eigenvalue weighted by atomic mass is 35.5. The van der Waals surface area contributed by atoms with Gasteiger partial charge in [-0.3, -0.25) is 0 Å². The molecule has 0 spiro atoms. The summed E-state index contributed by atoms with van der Waals surface area (Å²) in [6, 6.07) is 0.456. The molecule has 0 saturated carbocycles. The zero-order chi connectivity index (χ0) is 14.0. The third kappa shape index (κ3) is 3.08. The zero-order valence-electron chi connectivity index (χ0n) is 12.1. The molecule has 0 N–H and O–H groups in total. The lowest BCUT2D eigenvalue weighted by molar-refractivity contribution is 0.624. The van der Waals surface area contributed by atoms with Gasteiger partial charge in [-0.05, 0) is 44.7 Å². The minimum absolute atomic E-state index is 0.277. The maximum atomic E-state index is 6.05. The average molecular weight is 284 g/mol. The fourth-order valence-electron chi connectivity index (χ4n) is 2.68. The summed E-state index contributed by atoms with van der Waals surface area (Å²) in [5.74, 6) is 2.05. The molecule has 106 valence electrons. The molecule has 1 fully saturated rings. The van der Waals surface area contributed by atoms with Gasteiger partial charge in [0, 0.05) is 25.7 Å². The van der Waals surface area contributed by atoms with E-state index in [2.05, 4.69) is 52.4 Å². The Morgan fingerprint density at radius 1 is 1.21 bits per heavy atom. The number of nitrogens with zero attached hydrogens (tertiary/aromatic N) is 5. The van der Waals surface area contributed by atoms with Crippen LogP contribution in [0.2, 0.25) is 5.28 Å². The predicted octanol–water partition coefficient (Wildman–Crippen LogP) is 2.61. The third-order valence-electron chi connectivity index (χ3n) is 3.67. The summed E-state index contributed by atoms with van der Waals surface area (Å²) >= 11 is 6.05. The van der Waals surface area contributed by atoms with E-state index in [4.69, 9.17) is 11.6 Å². The van der Waals surface area contributed by atoms with Gasteiger partial charge in [-0.1, -0.05) is 6.92 Å². The molecule has 0 aliphatic carbocycles. The van der Waals surface area contributed by atoms with Crippen LogP contribution in [0.15, 0.2) is 0 Å². The summed E-state index contributed by atoms with van der Waals surface area (Å²) in [6.07, 6.45) is 1.17. The van der Waals surface area contributed by atoms with E-state index in [-0.39, 0.29) is 5.28 Å². The first-order valence-corrected chi connectivity index (χ1v) is 7.36. The van der Waals surface area contributed by atoms with Gasteiger partial charge < -0.3 is 9.80 Å². The van der Waals surface area contributed by atoms with E-state index in [0.717, 1.165) is 19.6 Å². The first kappa shape index (κ1) is 14.3. The molecule has 5 nitrogen and oxygen atoms in total. The van der Waals surface area contributed by atoms with Gasteiger partial charge in [0.2, 0.25) is 17.2 Å². The van der Waals surface area contributed by atoms with Crippen LogP contribution in [0.25, 0.3) is 0 Å². The smallest absolute Gasteiger partial charge is 0.231 e. The van der Waals surface area contributed by atoms with Crippen LogP contribution in [0.3, 0.4) is 0 Å². The van der Waals surface area contributed by atoms with Crippen LogP contribution in [-0.4, -0.2) is 40.6 Å². The second-order valence-electron chi connectivity index (χ2n) is 5.22. The highest BCUT2D eigenvalue weighted by molar-refractivity contribution is 6.28. The van der Waals surface area contributed by atoms with Crippen LogP contribution in [0.5, 0.6) is 0 Å². The molecule has 0 aromatic carbocycles. The number of hydrogen-bond acceptors (Lipinski definition) is 5. The van der Waals surface area contributed by atoms with Gasteiger partial charge in [0.05, 0.1) is 0 Å². The Balaban J connectivity index is 2.31. The van der Waals surface area contributed by atoms with Gasteiger partial charge in [-0.15, -0.1) is 0 Å². The van der Waals surface area contributed by atoms with Crippen molar-refractivity contribution in [3.63, 3.8) is 0 Å². The summed E-state index contributed by atoms with van der Waals surface area (Å²) < 4.78 is 0. The Morgan fingerprint density at radius 2 is 1.89 bits per heavy atom. The highest BCUT2D eigenvalue weighted by Crippen LogP contribution is 2.27. The van der Waals surface area contributed by atoms with Crippen LogP contribution in [-0.2, 0) is 0 Å². The highest BCUT2D eigenvalue weighted by Gasteiger charge is 2.29. The number of aromatic nitrogens is 3. The molecule has 1 aliphatic heterocycles. The first-order valence-electron chi connectivity index (χ1n) is 6.98. The summed E-state index contributed by atoms with van der Waals surface area (Å²) in [5.41, 5.74) is 0. The van der Waals surface area contributed by atoms with E-state index in [1.165, 1.54) is 6.42 Å². The number of anilines is 2. The van der Waals surface area contributed by atoms with Gasteiger partial charge in [0.1, 0.15) is 0 Å². The normalized spacial score (nSPS) is 22.9. The molecule has 2 atom stereocenters. The van der Waals surface area contributed by atoms with E-state index in [1.807, 2.05) is 0 Å². The van der Waals surface area contributed by atoms with E-state index in [1.54, 1.807) is 0 Å². The van der Waals surface area contributed by atoms with Crippen molar-refractivity contribution in [2.75, 3.05) is 29.4 Å². The van der Waals surface area contributed by atoms with Crippen LogP contribution >= 0.6 is 11.6 Å². The monoisotopic (exact) mass is 283 g/mol. The van der Waals surface area contributed by atoms with E-state index in [9.17, 15) is 0 Å². The van der Waals surface area contributed by atoms with Crippen molar-refractivity contribution in [3.05, 3.63) is 5.28 Å². The SMILES string of the molecule is CCN(CC)c1nc(Cl)nc(N2CC(C)CC2C)n1. The summed E-state index contributed by atoms with van der Waals surface area (Å²) in [5, 5.41) is 0.277. The Morgan fingerprint density at radius 3 is 2.42 bits per heavy atom. The molecule has 1 aliphatic rings. The topological polar surface area (TPSA) is 45.2 Å². The molecule has 6 heteroatoms. The molecular formula is C13H22ClN5. The van der Waals surface area contributed by atoms with Gasteiger partial charge >= 0.3 is 0 Å². The van der Waals surface area contributed by atoms with Crippen LogP contribution in [0.1, 0.15) is 34.1 Å². The average Bonchev–Trinajstić information content (AvgIpc) is 2.69. The molecule has 2 rings (SSSR count). The standard InChI is InChI=1S/C13H22ClN5/c1-5-18(6-2)12-15-11(14)16-13(17-12)19-8-9(3)7-10(19)4/h9-10H,5-8H2,1-4H3. The first-order chi connectivity index (χ1) is 9.05. The zero-order valence-corrected chi connectivity index (χ0v) is 12.9. The molecule has 0 amide bonds. The maximum absolute atomic E-state index is 6.05. The molecule has 1 saturated heterocycles. The molecule has 1 aromatic heterocycles. The molecule has 2 heterocycles. The van der Waals surface area contributed by atoms with Gasteiger partial charge in [-0.2, -0.15) is 15.0 Å². The minimum atomic E-state index is 0.277. The number of rotatable bonds is 4. The Labute approximate surface area is 120 Å². The molecule has 1 aromatic rings. The summed E-state index contributed by atoms with van der Waals surface area (Å²) in [7, 11) is 0. The van der Waals surface area contributed by atoms with Gasteiger partial charge in [0.15, 0.2) is 0 Å². The Bertz CT molecular complexity index is 435. The fourth-order valence-corrected chi connectivity index (χ4v) is 2.84. The largest absolute Gasteiger partial charge is 0.341 e. The number of hydrogen-bond donors (Lipinski definition) is 0. The maximum Gasteiger partial charge on any atom is 0.231 e. The molecule has 0 radical (unpaired) electrons. The van der Waals surface area contributed by atoms with E-state index >= 15 is 0 Å². The van der Waals surface area contributed by atoms with Gasteiger partial charge in [-0.25, -0.2) is 0 Å². The van der Waals surface area contributed by atoms with E-state index < -0.39 is 0 Å². The lowest BCUT2D eigenvalue weighted by Gasteiger charge is -2.24. The van der Waals surface area contributed by atoms with E-state index in [0.29, 0.717) is 23.9 Å². The van der Waals surface area contributed by atoms with Crippen molar-refractivity contribution in [2.24, 2.45) is 5.92 Å². The third-order valence-corrected chi connectivity index (χ3v) is 3.84. The fraction of sp³-hybridized carbons (Fsp3) is 0.769. The van der Waals surface area contributed by atoms with Crippen molar-refractivity contribution in [1.29, 1.82) is 0 Å². The van der Waals surface area contributed by atoms with Crippen molar-refractivity contribution < 1.29 is 0 Å². The van der Waals surface area contributed by atoms with Crippen molar-refractivity contribution >= 4 is 23.5 Å². The Kier molecular flexibility index (Phi) is 4.45. The van der Waals surface area contributed by atoms with Crippen LogP contribution in [0.4, 0.5) is 11.9 Å². The van der Waals surface area contributed by atoms with Crippen LogP contribution < -0.4 is 9.80 Å². The molecular weight excluding hydrogens is 262 g/mol. The summed E-state index contributed by atoms with van der Waals surface area (Å²) in [4.78, 5) is 17.4. The van der Waals surface area contributed by atoms with Crippen molar-refractivity contribution in [3.8, 4) is 0 Å². The number of halogens is 1. The second kappa shape index (κ2) is 5.90. The molecule has 2 unspecified atom stereocenters. The second-order valence-corrected chi connectivity index (χ2v) is 5.56. The molecule has 19 heavy (non-hydrogen) atoms. The van der Waals surface area contributed by atoms with Gasteiger partial charge in [0.25, 0.3) is 0 Å². The van der Waals surface area contributed by atoms with Crippen LogP contribution in [0, 0.1) is 5.92 Å². The Hall–Kier alpha value is -1.10. The van der Waals surface area contributed by atoms with Crippen molar-refractivity contribution in [1.82, 2.24) is 15.0 Å². The lowest BCUT2D eigenvalue weighted by Crippen LogP contribution is -2.31. The predicted molar refractivity (Wildman–Crippen MR) is 79.0 cm³/mol. The molecule has 0 bridgehead atoms. The minimum Gasteiger partial charge on any atom is -0.341 e. The lowest BCUT2D eigenvalue weighted by atomic mass is 10.1.